The summed E-state index contributed by atoms with van der Waals surface area (Å²) in [6.07, 6.45) is 5.92. The maximum absolute atomic E-state index is 13.0. The summed E-state index contributed by atoms with van der Waals surface area (Å²) in [5, 5.41) is 21.8. The maximum Gasteiger partial charge on any atom is 0.257 e. The molecule has 2 aromatic rings. The molecular weight excluding hydrogens is 534 g/mol. The lowest BCUT2D eigenvalue weighted by molar-refractivity contribution is -0.126. The first-order chi connectivity index (χ1) is 20.3. The van der Waals surface area contributed by atoms with Crippen molar-refractivity contribution in [2.45, 2.75) is 62.8 Å². The minimum absolute atomic E-state index is 0.0706. The van der Waals surface area contributed by atoms with Crippen LogP contribution in [0.25, 0.3) is 0 Å². The first kappa shape index (κ1) is 28.1. The van der Waals surface area contributed by atoms with Crippen LogP contribution < -0.4 is 16.0 Å². The molecule has 3 unspecified atom stereocenters. The van der Waals surface area contributed by atoms with E-state index < -0.39 is 24.1 Å². The van der Waals surface area contributed by atoms with Gasteiger partial charge in [-0.3, -0.25) is 24.5 Å². The van der Waals surface area contributed by atoms with Gasteiger partial charge in [0.15, 0.2) is 6.23 Å². The lowest BCUT2D eigenvalue weighted by Gasteiger charge is -2.40. The van der Waals surface area contributed by atoms with Crippen LogP contribution in [0.4, 0.5) is 11.4 Å². The molecule has 3 heterocycles. The van der Waals surface area contributed by atoms with Gasteiger partial charge in [0.05, 0.1) is 29.6 Å². The van der Waals surface area contributed by atoms with Crippen molar-refractivity contribution in [1.29, 1.82) is 0 Å². The van der Waals surface area contributed by atoms with Gasteiger partial charge < -0.3 is 25.9 Å². The van der Waals surface area contributed by atoms with Crippen molar-refractivity contribution in [3.8, 4) is 0 Å². The molecule has 1 aromatic carbocycles. The molecule has 11 nitrogen and oxygen atoms in total. The first-order valence-electron chi connectivity index (χ1n) is 14.9. The number of carbonyl (C=O) groups excluding carboxylic acids is 3. The van der Waals surface area contributed by atoms with E-state index in [4.69, 9.17) is 15.8 Å². The second-order valence-corrected chi connectivity index (χ2v) is 12.2. The SMILES string of the molecule is CN(C)c1cccnc1C1CN(C2CC(CNc3ccc4c(c3)C(O)N(C(CCC=O)C(N)=O)C4=O)C2)N=C1C1CC1. The zero-order chi connectivity index (χ0) is 29.5. The Labute approximate surface area is 245 Å². The summed E-state index contributed by atoms with van der Waals surface area (Å²) in [7, 11) is 4.13. The fourth-order valence-corrected chi connectivity index (χ4v) is 6.61. The summed E-state index contributed by atoms with van der Waals surface area (Å²) in [6.45, 7) is 1.65. The zero-order valence-electron chi connectivity index (χ0n) is 24.1. The number of benzene rings is 1. The number of aromatic nitrogens is 1. The van der Waals surface area contributed by atoms with E-state index in [1.54, 1.807) is 12.1 Å². The van der Waals surface area contributed by atoms with Crippen molar-refractivity contribution in [2.24, 2.45) is 22.7 Å². The lowest BCUT2D eigenvalue weighted by atomic mass is 9.79. The highest BCUT2D eigenvalue weighted by molar-refractivity contribution is 6.02. The van der Waals surface area contributed by atoms with Crippen LogP contribution in [0, 0.1) is 11.8 Å². The monoisotopic (exact) mass is 573 g/mol. The fraction of sp³-hybridized carbons (Fsp3) is 0.516. The third-order valence-corrected chi connectivity index (χ3v) is 9.10. The molecule has 222 valence electrons. The lowest BCUT2D eigenvalue weighted by Crippen LogP contribution is -2.46. The van der Waals surface area contributed by atoms with Gasteiger partial charge in [0.2, 0.25) is 5.91 Å². The Bertz CT molecular complexity index is 1400. The van der Waals surface area contributed by atoms with Crippen molar-refractivity contribution in [3.63, 3.8) is 0 Å². The number of nitrogens with zero attached hydrogens (tertiary/aromatic N) is 5. The third kappa shape index (κ3) is 5.21. The molecule has 0 spiro atoms. The molecule has 6 rings (SSSR count). The molecule has 2 saturated carbocycles. The van der Waals surface area contributed by atoms with Gasteiger partial charge in [-0.25, -0.2) is 0 Å². The predicted octanol–water partition coefficient (Wildman–Crippen LogP) is 2.48. The number of nitrogens with two attached hydrogens (primary N) is 1. The number of nitrogens with one attached hydrogen (secondary N) is 1. The van der Waals surface area contributed by atoms with Crippen LogP contribution in [0.3, 0.4) is 0 Å². The van der Waals surface area contributed by atoms with E-state index in [-0.39, 0.29) is 18.8 Å². The minimum Gasteiger partial charge on any atom is -0.385 e. The van der Waals surface area contributed by atoms with Crippen molar-refractivity contribution in [2.75, 3.05) is 37.4 Å². The van der Waals surface area contributed by atoms with Gasteiger partial charge in [0, 0.05) is 56.1 Å². The van der Waals surface area contributed by atoms with Crippen LogP contribution in [0.1, 0.15) is 72.3 Å². The average molecular weight is 574 g/mol. The van der Waals surface area contributed by atoms with Crippen LogP contribution >= 0.6 is 0 Å². The van der Waals surface area contributed by atoms with Gasteiger partial charge in [-0.2, -0.15) is 5.10 Å². The topological polar surface area (TPSA) is 144 Å². The van der Waals surface area contributed by atoms with E-state index in [0.717, 1.165) is 47.9 Å². The molecule has 4 aliphatic rings. The molecule has 0 saturated heterocycles. The first-order valence-corrected chi connectivity index (χ1v) is 14.9. The number of amides is 2. The third-order valence-electron chi connectivity index (χ3n) is 9.10. The van der Waals surface area contributed by atoms with E-state index in [1.807, 2.05) is 18.3 Å². The molecule has 0 radical (unpaired) electrons. The zero-order valence-corrected chi connectivity index (χ0v) is 24.1. The maximum atomic E-state index is 13.0. The standard InChI is InChI=1S/C31H39N7O4/c1-36(2)25-5-3-11-33-28(25)24-17-37(35-27(24)19-7-8-19)21-13-18(14-21)16-34-20-9-10-22-23(15-20)31(42)38(30(22)41)26(29(32)40)6-4-12-39/h3,5,9-12,15,18-19,21,24,26,31,34,42H,4,6-8,13-14,16-17H2,1-2H3,(H2,32,40). The molecule has 2 aliphatic heterocycles. The van der Waals surface area contributed by atoms with Crippen molar-refractivity contribution in [1.82, 2.24) is 14.9 Å². The molecule has 0 bridgehead atoms. The number of hydrogen-bond donors (Lipinski definition) is 3. The quantitative estimate of drug-likeness (QED) is 0.329. The molecule has 2 fully saturated rings. The second kappa shape index (κ2) is 11.4. The molecule has 11 heteroatoms. The Morgan fingerprint density at radius 1 is 1.26 bits per heavy atom. The van der Waals surface area contributed by atoms with E-state index in [1.165, 1.54) is 18.6 Å². The van der Waals surface area contributed by atoms with Gasteiger partial charge in [0.1, 0.15) is 12.3 Å². The number of hydrogen-bond acceptors (Lipinski definition) is 9. The van der Waals surface area contributed by atoms with Gasteiger partial charge in [-0.05, 0) is 74.3 Å². The Morgan fingerprint density at radius 2 is 2.05 bits per heavy atom. The molecule has 4 N–H and O–H groups in total. The van der Waals surface area contributed by atoms with Crippen LogP contribution in [-0.2, 0) is 9.59 Å². The number of aliphatic hydroxyl groups excluding tert-OH is 1. The second-order valence-electron chi connectivity index (χ2n) is 12.2. The number of pyridine rings is 1. The summed E-state index contributed by atoms with van der Waals surface area (Å²) >= 11 is 0. The van der Waals surface area contributed by atoms with Gasteiger partial charge >= 0.3 is 0 Å². The number of aliphatic hydroxyl groups is 1. The summed E-state index contributed by atoms with van der Waals surface area (Å²) in [6, 6.07) is 8.74. The van der Waals surface area contributed by atoms with Crippen molar-refractivity contribution >= 4 is 35.2 Å². The normalized spacial score (nSPS) is 25.5. The number of aldehydes is 1. The minimum atomic E-state index is -1.29. The molecular formula is C31H39N7O4. The van der Waals surface area contributed by atoms with Gasteiger partial charge in [-0.1, -0.05) is 0 Å². The largest absolute Gasteiger partial charge is 0.385 e. The van der Waals surface area contributed by atoms with Crippen LogP contribution in [0.5, 0.6) is 0 Å². The van der Waals surface area contributed by atoms with Gasteiger partial charge in [0.25, 0.3) is 5.91 Å². The Kier molecular flexibility index (Phi) is 7.61. The number of fused-ring (bicyclic) bond motifs is 1. The number of primary amides is 1. The van der Waals surface area contributed by atoms with Crippen LogP contribution in [0.2, 0.25) is 0 Å². The number of anilines is 2. The molecule has 42 heavy (non-hydrogen) atoms. The Hall–Kier alpha value is -3.99. The van der Waals surface area contributed by atoms with Crippen molar-refractivity contribution < 1.29 is 19.5 Å². The van der Waals surface area contributed by atoms with Gasteiger partial charge in [-0.15, -0.1) is 0 Å². The van der Waals surface area contributed by atoms with E-state index in [0.29, 0.717) is 35.3 Å². The fourth-order valence-electron chi connectivity index (χ4n) is 6.61. The van der Waals surface area contributed by atoms with E-state index in [2.05, 4.69) is 35.4 Å². The number of carbonyl (C=O) groups is 3. The molecule has 2 amide bonds. The average Bonchev–Trinajstić information content (AvgIpc) is 3.66. The smallest absolute Gasteiger partial charge is 0.257 e. The highest BCUT2D eigenvalue weighted by Crippen LogP contribution is 2.44. The number of hydrazone groups is 1. The summed E-state index contributed by atoms with van der Waals surface area (Å²) in [4.78, 5) is 43.8. The predicted molar refractivity (Wildman–Crippen MR) is 159 cm³/mol. The highest BCUT2D eigenvalue weighted by Gasteiger charge is 2.45. The summed E-state index contributed by atoms with van der Waals surface area (Å²) in [5.41, 5.74) is 10.6. The molecule has 1 aromatic heterocycles. The van der Waals surface area contributed by atoms with E-state index >= 15 is 0 Å². The van der Waals surface area contributed by atoms with Crippen LogP contribution in [-0.4, -0.2) is 83.1 Å². The van der Waals surface area contributed by atoms with E-state index in [9.17, 15) is 19.5 Å². The molecule has 2 aliphatic carbocycles. The summed E-state index contributed by atoms with van der Waals surface area (Å²) < 4.78 is 0. The molecule has 3 atom stereocenters. The summed E-state index contributed by atoms with van der Waals surface area (Å²) in [5.74, 6) is 0.0986. The van der Waals surface area contributed by atoms with Crippen LogP contribution in [0.15, 0.2) is 41.6 Å². The highest BCUT2D eigenvalue weighted by atomic mass is 16.3. The number of rotatable bonds is 12. The Balaban J connectivity index is 1.06. The Morgan fingerprint density at radius 3 is 2.74 bits per heavy atom. The van der Waals surface area contributed by atoms with Crippen molar-refractivity contribution in [3.05, 3.63) is 53.3 Å².